The molecule has 0 heterocycles. The largest absolute Gasteiger partial charge is 0.148 e. The van der Waals surface area contributed by atoms with Crippen molar-refractivity contribution in [1.29, 1.82) is 0 Å². The van der Waals surface area contributed by atoms with E-state index < -0.39 is 0 Å². The molecule has 0 amide bonds. The van der Waals surface area contributed by atoms with Crippen LogP contribution in [0.3, 0.4) is 0 Å². The smallest absolute Gasteiger partial charge is 0.0611 e. The topological polar surface area (TPSA) is 0 Å². The average Bonchev–Trinajstić information content (AvgIpc) is 2.77. The van der Waals surface area contributed by atoms with E-state index in [1.807, 2.05) is 23.5 Å². The Bertz CT molecular complexity index is 218. The zero-order valence-electron chi connectivity index (χ0n) is 8.62. The second-order valence-electron chi connectivity index (χ2n) is 4.31. The fourth-order valence-corrected chi connectivity index (χ4v) is 4.58. The summed E-state index contributed by atoms with van der Waals surface area (Å²) in [6.45, 7) is 2.42. The van der Waals surface area contributed by atoms with E-state index in [2.05, 4.69) is 31.6 Å². The molecule has 0 aromatic heterocycles. The van der Waals surface area contributed by atoms with Crippen molar-refractivity contribution in [2.75, 3.05) is 12.5 Å². The minimum Gasteiger partial charge on any atom is -0.148 e. The highest BCUT2D eigenvalue weighted by Gasteiger charge is 2.45. The second-order valence-corrected chi connectivity index (χ2v) is 7.08. The van der Waals surface area contributed by atoms with Crippen molar-refractivity contribution in [2.45, 2.75) is 23.8 Å². The quantitative estimate of drug-likeness (QED) is 0.519. The van der Waals surface area contributed by atoms with Crippen molar-refractivity contribution in [2.24, 2.45) is 17.8 Å². The van der Waals surface area contributed by atoms with E-state index in [4.69, 9.17) is 0 Å². The molecule has 1 fully saturated rings. The van der Waals surface area contributed by atoms with Crippen LogP contribution >= 0.6 is 23.5 Å². The van der Waals surface area contributed by atoms with Crippen LogP contribution in [0.2, 0.25) is 0 Å². The van der Waals surface area contributed by atoms with Gasteiger partial charge in [-0.3, -0.25) is 0 Å². The van der Waals surface area contributed by atoms with Crippen LogP contribution in [0.25, 0.3) is 0 Å². The average molecular weight is 214 g/mol. The maximum atomic E-state index is 2.46. The van der Waals surface area contributed by atoms with Gasteiger partial charge in [-0.05, 0) is 50.0 Å². The molecule has 0 aromatic rings. The van der Waals surface area contributed by atoms with Crippen molar-refractivity contribution < 1.29 is 0 Å². The van der Waals surface area contributed by atoms with Crippen LogP contribution in [0.4, 0.5) is 0 Å². The van der Waals surface area contributed by atoms with E-state index in [0.717, 1.165) is 17.8 Å². The molecule has 0 spiro atoms. The van der Waals surface area contributed by atoms with E-state index in [1.54, 1.807) is 0 Å². The minimum absolute atomic E-state index is 0.449. The van der Waals surface area contributed by atoms with Gasteiger partial charge in [0.25, 0.3) is 0 Å². The molecule has 3 atom stereocenters. The first-order chi connectivity index (χ1) is 6.19. The molecular formula is C11H18S2. The fourth-order valence-electron chi connectivity index (χ4n) is 2.77. The lowest BCUT2D eigenvalue weighted by atomic mass is 9.90. The first-order valence-electron chi connectivity index (χ1n) is 4.98. The number of thioether (sulfide) groups is 2. The first-order valence-corrected chi connectivity index (χ1v) is 7.43. The third-order valence-corrected chi connectivity index (χ3v) is 6.99. The van der Waals surface area contributed by atoms with Gasteiger partial charge in [0.15, 0.2) is 0 Å². The lowest BCUT2D eigenvalue weighted by Crippen LogP contribution is -2.30. The van der Waals surface area contributed by atoms with Crippen molar-refractivity contribution in [1.82, 2.24) is 0 Å². The molecule has 0 aliphatic heterocycles. The summed E-state index contributed by atoms with van der Waals surface area (Å²) >= 11 is 4.08. The van der Waals surface area contributed by atoms with E-state index >= 15 is 0 Å². The van der Waals surface area contributed by atoms with Gasteiger partial charge in [-0.2, -0.15) is 0 Å². The van der Waals surface area contributed by atoms with Gasteiger partial charge in [0.05, 0.1) is 4.08 Å². The Morgan fingerprint density at radius 3 is 2.23 bits per heavy atom. The lowest BCUT2D eigenvalue weighted by molar-refractivity contribution is 0.424. The number of allylic oxidation sites excluding steroid dienone is 2. The van der Waals surface area contributed by atoms with Crippen LogP contribution in [0, 0.1) is 17.8 Å². The van der Waals surface area contributed by atoms with Crippen molar-refractivity contribution in [3.05, 3.63) is 12.2 Å². The van der Waals surface area contributed by atoms with E-state index in [1.165, 1.54) is 12.8 Å². The third-order valence-electron chi connectivity index (χ3n) is 3.76. The molecule has 2 rings (SSSR count). The van der Waals surface area contributed by atoms with Gasteiger partial charge in [0, 0.05) is 0 Å². The molecular weight excluding hydrogens is 196 g/mol. The first kappa shape index (κ1) is 9.97. The SMILES string of the molecule is CSC(C)(SC)C1CC2C=CC1C2. The molecule has 3 unspecified atom stereocenters. The summed E-state index contributed by atoms with van der Waals surface area (Å²) in [6.07, 6.45) is 12.3. The van der Waals surface area contributed by atoms with E-state index in [-0.39, 0.29) is 0 Å². The standard InChI is InChI=1S/C11H18S2/c1-11(12-2,13-3)10-7-8-4-5-9(10)6-8/h4-5,8-10H,6-7H2,1-3H3. The van der Waals surface area contributed by atoms with Crippen LogP contribution in [-0.4, -0.2) is 16.6 Å². The Labute approximate surface area is 89.9 Å². The third kappa shape index (κ3) is 1.56. The molecule has 0 saturated heterocycles. The van der Waals surface area contributed by atoms with Crippen LogP contribution in [0.5, 0.6) is 0 Å². The Hall–Kier alpha value is 0.440. The van der Waals surface area contributed by atoms with Gasteiger partial charge in [-0.15, -0.1) is 23.5 Å². The molecule has 0 radical (unpaired) electrons. The van der Waals surface area contributed by atoms with E-state index in [9.17, 15) is 0 Å². The lowest BCUT2D eigenvalue weighted by Gasteiger charge is -2.36. The molecule has 0 aromatic carbocycles. The second kappa shape index (κ2) is 3.54. The highest BCUT2D eigenvalue weighted by Crippen LogP contribution is 2.55. The predicted molar refractivity (Wildman–Crippen MR) is 64.3 cm³/mol. The molecule has 2 aliphatic rings. The molecule has 2 heteroatoms. The summed E-state index contributed by atoms with van der Waals surface area (Å²) in [5.74, 6) is 2.70. The molecule has 0 nitrogen and oxygen atoms in total. The number of hydrogen-bond donors (Lipinski definition) is 0. The van der Waals surface area contributed by atoms with Crippen LogP contribution in [0.15, 0.2) is 12.2 Å². The molecule has 1 saturated carbocycles. The maximum absolute atomic E-state index is 2.46. The van der Waals surface area contributed by atoms with Crippen molar-refractivity contribution in [3.8, 4) is 0 Å². The summed E-state index contributed by atoms with van der Waals surface area (Å²) < 4.78 is 0.449. The number of hydrogen-bond acceptors (Lipinski definition) is 2. The van der Waals surface area contributed by atoms with E-state index in [0.29, 0.717) is 4.08 Å². The van der Waals surface area contributed by atoms with Gasteiger partial charge in [-0.25, -0.2) is 0 Å². The molecule has 2 aliphatic carbocycles. The number of rotatable bonds is 3. The maximum Gasteiger partial charge on any atom is 0.0611 e. The van der Waals surface area contributed by atoms with Gasteiger partial charge >= 0.3 is 0 Å². The molecule has 13 heavy (non-hydrogen) atoms. The monoisotopic (exact) mass is 214 g/mol. The van der Waals surface area contributed by atoms with Crippen LogP contribution < -0.4 is 0 Å². The Morgan fingerprint density at radius 1 is 1.15 bits per heavy atom. The fraction of sp³-hybridized carbons (Fsp3) is 0.818. The van der Waals surface area contributed by atoms with Crippen molar-refractivity contribution >= 4 is 23.5 Å². The Balaban J connectivity index is 2.13. The van der Waals surface area contributed by atoms with Gasteiger partial charge in [0.1, 0.15) is 0 Å². The summed E-state index contributed by atoms with van der Waals surface area (Å²) in [5.41, 5.74) is 0. The van der Waals surface area contributed by atoms with Gasteiger partial charge < -0.3 is 0 Å². The molecule has 2 bridgehead atoms. The van der Waals surface area contributed by atoms with Crippen molar-refractivity contribution in [3.63, 3.8) is 0 Å². The molecule has 74 valence electrons. The summed E-state index contributed by atoms with van der Waals surface area (Å²) in [5, 5.41) is 0. The normalized spacial score (nSPS) is 37.3. The van der Waals surface area contributed by atoms with Gasteiger partial charge in [-0.1, -0.05) is 12.2 Å². The van der Waals surface area contributed by atoms with Gasteiger partial charge in [0.2, 0.25) is 0 Å². The zero-order valence-corrected chi connectivity index (χ0v) is 10.3. The highest BCUT2D eigenvalue weighted by atomic mass is 32.2. The summed E-state index contributed by atoms with van der Waals surface area (Å²) in [6, 6.07) is 0. The Kier molecular flexibility index (Phi) is 2.72. The zero-order chi connectivity index (χ0) is 9.47. The van der Waals surface area contributed by atoms with Crippen LogP contribution in [0.1, 0.15) is 19.8 Å². The number of fused-ring (bicyclic) bond motifs is 2. The summed E-state index contributed by atoms with van der Waals surface area (Å²) in [4.78, 5) is 0. The predicted octanol–water partition coefficient (Wildman–Crippen LogP) is 3.64. The minimum atomic E-state index is 0.449. The Morgan fingerprint density at radius 2 is 1.85 bits per heavy atom. The highest BCUT2D eigenvalue weighted by molar-refractivity contribution is 8.17. The molecule has 0 N–H and O–H groups in total. The summed E-state index contributed by atoms with van der Waals surface area (Å²) in [7, 11) is 0. The van der Waals surface area contributed by atoms with Crippen LogP contribution in [-0.2, 0) is 0 Å².